The molecule has 0 heterocycles. The van der Waals surface area contributed by atoms with Gasteiger partial charge in [-0.1, -0.05) is 26.7 Å². The van der Waals surface area contributed by atoms with Gasteiger partial charge in [-0.05, 0) is 25.3 Å². The zero-order chi connectivity index (χ0) is 12.0. The van der Waals surface area contributed by atoms with Gasteiger partial charge in [0.2, 0.25) is 0 Å². The van der Waals surface area contributed by atoms with E-state index >= 15 is 0 Å². The first-order valence-corrected chi connectivity index (χ1v) is 6.24. The number of ketones is 1. The van der Waals surface area contributed by atoms with Crippen LogP contribution in [0.2, 0.25) is 0 Å². The molecule has 0 aromatic carbocycles. The average Bonchev–Trinajstić information content (AvgIpc) is 2.42. The molecule has 0 spiro atoms. The monoisotopic (exact) mass is 222 g/mol. The van der Waals surface area contributed by atoms with E-state index in [0.29, 0.717) is 12.2 Å². The van der Waals surface area contributed by atoms with E-state index in [1.54, 1.807) is 7.11 Å². The van der Waals surface area contributed by atoms with Gasteiger partial charge in [0.15, 0.2) is 5.78 Å². The van der Waals surface area contributed by atoms with E-state index < -0.39 is 0 Å². The Kier molecular flexibility index (Phi) is 5.30. The van der Waals surface area contributed by atoms with Crippen LogP contribution in [0.5, 0.6) is 0 Å². The van der Waals surface area contributed by atoms with Crippen molar-refractivity contribution in [1.29, 1.82) is 0 Å². The molecular weight excluding hydrogens is 200 g/mol. The Labute approximate surface area is 98.4 Å². The van der Waals surface area contributed by atoms with Crippen molar-refractivity contribution in [2.45, 2.75) is 52.4 Å². The lowest BCUT2D eigenvalue weighted by molar-refractivity contribution is -0.115. The molecule has 1 aliphatic carbocycles. The molecule has 1 rings (SSSR count). The number of Topliss-reactive ketones (excluding diaryl/α,β-unsaturated/α-hetero) is 1. The fraction of sp³-hybridized carbons (Fsp3) is 0.643. The number of hydrogen-bond acceptors (Lipinski definition) is 2. The van der Waals surface area contributed by atoms with Gasteiger partial charge in [0, 0.05) is 17.6 Å². The number of methoxy groups -OCH3 is 1. The molecule has 0 aromatic heterocycles. The standard InChI is InChI=1S/C14H22O2/c1-4-7-11-12(8-5-2)14(16-3)10-6-9-13(11)15/h10H,4-9H2,1-3H3. The molecule has 0 unspecified atom stereocenters. The van der Waals surface area contributed by atoms with E-state index in [1.807, 2.05) is 0 Å². The highest BCUT2D eigenvalue weighted by Crippen LogP contribution is 2.29. The average molecular weight is 222 g/mol. The van der Waals surface area contributed by atoms with Crippen molar-refractivity contribution in [3.05, 3.63) is 23.0 Å². The summed E-state index contributed by atoms with van der Waals surface area (Å²) in [7, 11) is 1.70. The van der Waals surface area contributed by atoms with Gasteiger partial charge in [-0.25, -0.2) is 0 Å². The summed E-state index contributed by atoms with van der Waals surface area (Å²) in [6.45, 7) is 4.25. The SMILES string of the molecule is CCCC1=C(CCC)C(OC)=CCCC1=O. The van der Waals surface area contributed by atoms with E-state index in [1.165, 1.54) is 0 Å². The van der Waals surface area contributed by atoms with Crippen LogP contribution in [0.25, 0.3) is 0 Å². The normalized spacial score (nSPS) is 17.2. The lowest BCUT2D eigenvalue weighted by Crippen LogP contribution is -2.06. The number of allylic oxidation sites excluding steroid dienone is 3. The van der Waals surface area contributed by atoms with Crippen LogP contribution in [0, 0.1) is 0 Å². The van der Waals surface area contributed by atoms with Crippen LogP contribution in [0.1, 0.15) is 52.4 Å². The van der Waals surface area contributed by atoms with Crippen LogP contribution in [0.15, 0.2) is 23.0 Å². The smallest absolute Gasteiger partial charge is 0.159 e. The minimum absolute atomic E-state index is 0.314. The summed E-state index contributed by atoms with van der Waals surface area (Å²) >= 11 is 0. The molecule has 1 aliphatic rings. The molecule has 2 nitrogen and oxygen atoms in total. The molecule has 2 heteroatoms. The summed E-state index contributed by atoms with van der Waals surface area (Å²) in [6, 6.07) is 0. The van der Waals surface area contributed by atoms with Gasteiger partial charge in [-0.2, -0.15) is 0 Å². The zero-order valence-corrected chi connectivity index (χ0v) is 10.6. The van der Waals surface area contributed by atoms with Crippen LogP contribution in [0.4, 0.5) is 0 Å². The van der Waals surface area contributed by atoms with E-state index in [2.05, 4.69) is 19.9 Å². The van der Waals surface area contributed by atoms with Crippen molar-refractivity contribution in [2.24, 2.45) is 0 Å². The molecule has 0 radical (unpaired) electrons. The predicted octanol–water partition coefficient (Wildman–Crippen LogP) is 3.78. The minimum Gasteiger partial charge on any atom is -0.497 e. The molecule has 0 bridgehead atoms. The zero-order valence-electron chi connectivity index (χ0n) is 10.6. The van der Waals surface area contributed by atoms with E-state index in [9.17, 15) is 4.79 Å². The Morgan fingerprint density at radius 3 is 2.38 bits per heavy atom. The molecule has 0 aromatic rings. The van der Waals surface area contributed by atoms with Crippen molar-refractivity contribution in [3.63, 3.8) is 0 Å². The Morgan fingerprint density at radius 2 is 1.81 bits per heavy atom. The highest BCUT2D eigenvalue weighted by molar-refractivity contribution is 5.97. The largest absolute Gasteiger partial charge is 0.497 e. The van der Waals surface area contributed by atoms with Crippen LogP contribution in [0.3, 0.4) is 0 Å². The summed E-state index contributed by atoms with van der Waals surface area (Å²) in [5.74, 6) is 1.24. The Hall–Kier alpha value is -1.05. The summed E-state index contributed by atoms with van der Waals surface area (Å²) < 4.78 is 5.41. The summed E-state index contributed by atoms with van der Waals surface area (Å²) in [5.41, 5.74) is 2.16. The van der Waals surface area contributed by atoms with Gasteiger partial charge in [0.25, 0.3) is 0 Å². The quantitative estimate of drug-likeness (QED) is 0.707. The molecule has 0 N–H and O–H groups in total. The van der Waals surface area contributed by atoms with E-state index in [4.69, 9.17) is 4.74 Å². The van der Waals surface area contributed by atoms with E-state index in [-0.39, 0.29) is 0 Å². The lowest BCUT2D eigenvalue weighted by atomic mass is 9.95. The highest BCUT2D eigenvalue weighted by Gasteiger charge is 2.20. The maximum Gasteiger partial charge on any atom is 0.159 e. The van der Waals surface area contributed by atoms with Crippen LogP contribution in [-0.2, 0) is 9.53 Å². The first-order valence-electron chi connectivity index (χ1n) is 6.24. The maximum absolute atomic E-state index is 12.0. The first kappa shape index (κ1) is 13.0. The molecule has 0 saturated carbocycles. The van der Waals surface area contributed by atoms with Gasteiger partial charge < -0.3 is 4.74 Å². The van der Waals surface area contributed by atoms with Gasteiger partial charge in [-0.15, -0.1) is 0 Å². The van der Waals surface area contributed by atoms with Crippen LogP contribution in [-0.4, -0.2) is 12.9 Å². The number of hydrogen-bond donors (Lipinski definition) is 0. The maximum atomic E-state index is 12.0. The number of carbonyl (C=O) groups excluding carboxylic acids is 1. The number of carbonyl (C=O) groups is 1. The number of ether oxygens (including phenoxy) is 1. The van der Waals surface area contributed by atoms with Gasteiger partial charge in [-0.3, -0.25) is 4.79 Å². The molecule has 0 amide bonds. The molecule has 16 heavy (non-hydrogen) atoms. The Bertz CT molecular complexity index is 311. The van der Waals surface area contributed by atoms with E-state index in [0.717, 1.165) is 49.0 Å². The molecule has 0 fully saturated rings. The third-order valence-corrected chi connectivity index (χ3v) is 2.92. The highest BCUT2D eigenvalue weighted by atomic mass is 16.5. The van der Waals surface area contributed by atoms with Gasteiger partial charge >= 0.3 is 0 Å². The van der Waals surface area contributed by atoms with Crippen molar-refractivity contribution >= 4 is 5.78 Å². The predicted molar refractivity (Wildman–Crippen MR) is 66.2 cm³/mol. The fourth-order valence-electron chi connectivity index (χ4n) is 2.20. The Balaban J connectivity index is 3.10. The second kappa shape index (κ2) is 6.51. The second-order valence-corrected chi connectivity index (χ2v) is 4.19. The lowest BCUT2D eigenvalue weighted by Gasteiger charge is -2.13. The molecule has 0 aliphatic heterocycles. The van der Waals surface area contributed by atoms with Crippen LogP contribution < -0.4 is 0 Å². The second-order valence-electron chi connectivity index (χ2n) is 4.19. The third kappa shape index (κ3) is 2.97. The first-order chi connectivity index (χ1) is 7.74. The third-order valence-electron chi connectivity index (χ3n) is 2.92. The summed E-state index contributed by atoms with van der Waals surface area (Å²) in [4.78, 5) is 12.0. The van der Waals surface area contributed by atoms with Crippen molar-refractivity contribution in [1.82, 2.24) is 0 Å². The number of rotatable bonds is 5. The van der Waals surface area contributed by atoms with Crippen LogP contribution >= 0.6 is 0 Å². The summed E-state index contributed by atoms with van der Waals surface area (Å²) in [5, 5.41) is 0. The molecule has 0 saturated heterocycles. The fourth-order valence-corrected chi connectivity index (χ4v) is 2.20. The Morgan fingerprint density at radius 1 is 1.19 bits per heavy atom. The molecule has 90 valence electrons. The summed E-state index contributed by atoms with van der Waals surface area (Å²) in [6.07, 6.45) is 7.40. The van der Waals surface area contributed by atoms with Gasteiger partial charge in [0.1, 0.15) is 5.76 Å². The van der Waals surface area contributed by atoms with Crippen molar-refractivity contribution in [3.8, 4) is 0 Å². The molecular formula is C14H22O2. The topological polar surface area (TPSA) is 26.3 Å². The van der Waals surface area contributed by atoms with Crippen molar-refractivity contribution in [2.75, 3.05) is 7.11 Å². The van der Waals surface area contributed by atoms with Gasteiger partial charge in [0.05, 0.1) is 7.11 Å². The van der Waals surface area contributed by atoms with Crippen molar-refractivity contribution < 1.29 is 9.53 Å². The molecule has 0 atom stereocenters. The minimum atomic E-state index is 0.314.